The van der Waals surface area contributed by atoms with E-state index < -0.39 is 24.3 Å². The maximum Gasteiger partial charge on any atom is 0.527 e. The lowest BCUT2D eigenvalue weighted by atomic mass is 10.2. The molecule has 0 atom stereocenters. The van der Waals surface area contributed by atoms with Crippen LogP contribution in [-0.4, -0.2) is 60.3 Å². The molecule has 1 aromatic carbocycles. The van der Waals surface area contributed by atoms with Crippen molar-refractivity contribution in [2.24, 2.45) is 0 Å². The molecule has 1 heterocycles. The Morgan fingerprint density at radius 3 is 1.96 bits per heavy atom. The molecule has 11 heteroatoms. The number of halogens is 7. The molecule has 146 valence electrons. The zero-order chi connectivity index (χ0) is 19.6. The van der Waals surface area contributed by atoms with Gasteiger partial charge < -0.3 is 4.90 Å². The number of ether oxygens (including phenoxy) is 1. The van der Waals surface area contributed by atoms with Crippen molar-refractivity contribution in [1.82, 2.24) is 9.80 Å². The van der Waals surface area contributed by atoms with Gasteiger partial charge in [0.25, 0.3) is 0 Å². The zero-order valence-electron chi connectivity index (χ0n) is 13.3. The molecule has 2 rings (SSSR count). The average Bonchev–Trinajstić information content (AvgIpc) is 2.53. The van der Waals surface area contributed by atoms with Gasteiger partial charge in [-0.1, -0.05) is 30.3 Å². The smallest absolute Gasteiger partial charge is 0.335 e. The van der Waals surface area contributed by atoms with Crippen LogP contribution in [0.25, 0.3) is 0 Å². The van der Waals surface area contributed by atoms with Gasteiger partial charge in [-0.25, -0.2) is 4.74 Å². The summed E-state index contributed by atoms with van der Waals surface area (Å²) in [5, 5.41) is 0. The molecule has 1 amide bonds. The minimum absolute atomic E-state index is 0.114. The summed E-state index contributed by atoms with van der Waals surface area (Å²) >= 11 is 0. The van der Waals surface area contributed by atoms with E-state index in [9.17, 15) is 35.5 Å². The first-order chi connectivity index (χ1) is 11.9. The van der Waals surface area contributed by atoms with E-state index in [-0.39, 0.29) is 26.2 Å². The summed E-state index contributed by atoms with van der Waals surface area (Å²) in [6.45, 7) is 0.0597. The Bertz CT molecular complexity index is 614. The quantitative estimate of drug-likeness (QED) is 0.727. The molecule has 1 aliphatic heterocycles. The summed E-state index contributed by atoms with van der Waals surface area (Å²) in [6, 6.07) is 9.09. The van der Waals surface area contributed by atoms with E-state index in [1.165, 1.54) is 0 Å². The van der Waals surface area contributed by atoms with Crippen LogP contribution >= 0.6 is 0 Å². The van der Waals surface area contributed by atoms with Gasteiger partial charge in [-0.3, -0.25) is 9.69 Å². The number of carbonyl (C=O) groups is 1. The largest absolute Gasteiger partial charge is 0.527 e. The van der Waals surface area contributed by atoms with Gasteiger partial charge in [-0.05, 0) is 5.56 Å². The molecule has 4 nitrogen and oxygen atoms in total. The summed E-state index contributed by atoms with van der Waals surface area (Å²) in [4.78, 5) is 13.9. The molecular formula is C15H15F7N2O2. The molecule has 0 bridgehead atoms. The average molecular weight is 388 g/mol. The van der Waals surface area contributed by atoms with Crippen LogP contribution in [0.15, 0.2) is 30.3 Å². The molecule has 0 unspecified atom stereocenters. The Labute approximate surface area is 144 Å². The third-order valence-electron chi connectivity index (χ3n) is 3.79. The molecule has 26 heavy (non-hydrogen) atoms. The molecule has 0 aromatic heterocycles. The third kappa shape index (κ3) is 4.85. The number of hydrogen-bond acceptors (Lipinski definition) is 3. The highest BCUT2D eigenvalue weighted by atomic mass is 19.4. The number of rotatable bonds is 5. The zero-order valence-corrected chi connectivity index (χ0v) is 13.3. The third-order valence-corrected chi connectivity index (χ3v) is 3.79. The summed E-state index contributed by atoms with van der Waals surface area (Å²) < 4.78 is 91.2. The fourth-order valence-electron chi connectivity index (χ4n) is 2.48. The summed E-state index contributed by atoms with van der Waals surface area (Å²) in [7, 11) is 0. The highest BCUT2D eigenvalue weighted by Gasteiger charge is 2.68. The van der Waals surface area contributed by atoms with Crippen molar-refractivity contribution >= 4 is 5.91 Å². The van der Waals surface area contributed by atoms with Gasteiger partial charge >= 0.3 is 24.3 Å². The predicted molar refractivity (Wildman–Crippen MR) is 75.3 cm³/mol. The second-order valence-electron chi connectivity index (χ2n) is 5.69. The van der Waals surface area contributed by atoms with Gasteiger partial charge in [0.2, 0.25) is 0 Å². The minimum Gasteiger partial charge on any atom is -0.335 e. The van der Waals surface area contributed by atoms with Crippen molar-refractivity contribution < 1.29 is 40.3 Å². The van der Waals surface area contributed by atoms with Crippen LogP contribution < -0.4 is 0 Å². The molecule has 0 spiro atoms. The highest BCUT2D eigenvalue weighted by Crippen LogP contribution is 2.41. The van der Waals surface area contributed by atoms with Crippen molar-refractivity contribution in [3.8, 4) is 0 Å². The van der Waals surface area contributed by atoms with Gasteiger partial charge in [0, 0.05) is 32.7 Å². The fraction of sp³-hybridized carbons (Fsp3) is 0.533. The Morgan fingerprint density at radius 2 is 1.46 bits per heavy atom. The van der Waals surface area contributed by atoms with E-state index in [1.807, 2.05) is 23.1 Å². The molecule has 0 aliphatic carbocycles. The number of amides is 1. The maximum atomic E-state index is 13.6. The van der Waals surface area contributed by atoms with E-state index in [1.54, 1.807) is 12.1 Å². The highest BCUT2D eigenvalue weighted by molar-refractivity contribution is 5.84. The summed E-state index contributed by atoms with van der Waals surface area (Å²) in [5.74, 6) is -8.03. The first kappa shape index (κ1) is 20.4. The topological polar surface area (TPSA) is 32.8 Å². The van der Waals surface area contributed by atoms with Gasteiger partial charge in [0.15, 0.2) is 0 Å². The Balaban J connectivity index is 1.96. The van der Waals surface area contributed by atoms with Crippen LogP contribution in [0, 0.1) is 0 Å². The lowest BCUT2D eigenvalue weighted by Gasteiger charge is -2.37. The summed E-state index contributed by atoms with van der Waals surface area (Å²) in [6.07, 6.45) is -12.0. The number of piperazine rings is 1. The van der Waals surface area contributed by atoms with Crippen molar-refractivity contribution in [2.75, 3.05) is 26.2 Å². The molecular weight excluding hydrogens is 373 g/mol. The molecule has 1 aromatic rings. The SMILES string of the molecule is O=C(N1CCN(Cc2ccccc2)CC1)C(F)(F)C(F)(F)OC(F)(F)F. The molecule has 0 saturated carbocycles. The van der Waals surface area contributed by atoms with Crippen molar-refractivity contribution in [3.63, 3.8) is 0 Å². The van der Waals surface area contributed by atoms with Crippen LogP contribution in [0.1, 0.15) is 5.56 Å². The van der Waals surface area contributed by atoms with Crippen molar-refractivity contribution in [2.45, 2.75) is 24.9 Å². The number of alkyl halides is 7. The van der Waals surface area contributed by atoms with E-state index in [2.05, 4.69) is 4.74 Å². The maximum absolute atomic E-state index is 13.6. The molecule has 0 radical (unpaired) electrons. The molecule has 0 N–H and O–H groups in total. The normalized spacial score (nSPS) is 17.4. The van der Waals surface area contributed by atoms with E-state index >= 15 is 0 Å². The minimum atomic E-state index is -6.01. The van der Waals surface area contributed by atoms with E-state index in [4.69, 9.17) is 0 Å². The number of carbonyl (C=O) groups excluding carboxylic acids is 1. The lowest BCUT2D eigenvalue weighted by molar-refractivity contribution is -0.458. The van der Waals surface area contributed by atoms with E-state index in [0.29, 0.717) is 11.4 Å². The Kier molecular flexibility index (Phi) is 5.81. The monoisotopic (exact) mass is 388 g/mol. The lowest BCUT2D eigenvalue weighted by Crippen LogP contribution is -2.59. The number of benzene rings is 1. The summed E-state index contributed by atoms with van der Waals surface area (Å²) in [5.41, 5.74) is 0.933. The first-order valence-electron chi connectivity index (χ1n) is 7.50. The second-order valence-corrected chi connectivity index (χ2v) is 5.69. The molecule has 1 fully saturated rings. The van der Waals surface area contributed by atoms with Crippen LogP contribution in [-0.2, 0) is 16.1 Å². The van der Waals surface area contributed by atoms with Gasteiger partial charge in [-0.2, -0.15) is 17.6 Å². The van der Waals surface area contributed by atoms with Crippen LogP contribution in [0.3, 0.4) is 0 Å². The Hall–Kier alpha value is -1.88. The fourth-order valence-corrected chi connectivity index (χ4v) is 2.48. The first-order valence-corrected chi connectivity index (χ1v) is 7.50. The number of hydrogen-bond donors (Lipinski definition) is 0. The molecule has 1 saturated heterocycles. The van der Waals surface area contributed by atoms with E-state index in [0.717, 1.165) is 5.56 Å². The Morgan fingerprint density at radius 1 is 0.923 bits per heavy atom. The number of nitrogens with zero attached hydrogens (tertiary/aromatic N) is 2. The standard InChI is InChI=1S/C15H15F7N2O2/c16-13(17,14(18,19)26-15(20,21)22)12(25)24-8-6-23(7-9-24)10-11-4-2-1-3-5-11/h1-5H,6-10H2. The second kappa shape index (κ2) is 7.39. The predicted octanol–water partition coefficient (Wildman–Crippen LogP) is 3.10. The van der Waals surface area contributed by atoms with Crippen LogP contribution in [0.5, 0.6) is 0 Å². The van der Waals surface area contributed by atoms with Gasteiger partial charge in [0.1, 0.15) is 0 Å². The van der Waals surface area contributed by atoms with Crippen molar-refractivity contribution in [1.29, 1.82) is 0 Å². The van der Waals surface area contributed by atoms with Crippen LogP contribution in [0.4, 0.5) is 30.7 Å². The van der Waals surface area contributed by atoms with Crippen LogP contribution in [0.2, 0.25) is 0 Å². The van der Waals surface area contributed by atoms with Gasteiger partial charge in [0.05, 0.1) is 0 Å². The molecule has 1 aliphatic rings. The van der Waals surface area contributed by atoms with Gasteiger partial charge in [-0.15, -0.1) is 13.2 Å². The van der Waals surface area contributed by atoms with Crippen molar-refractivity contribution in [3.05, 3.63) is 35.9 Å².